The van der Waals surface area contributed by atoms with E-state index in [0.717, 1.165) is 49.1 Å². The van der Waals surface area contributed by atoms with Crippen LogP contribution in [0.2, 0.25) is 0 Å². The number of aromatic nitrogens is 2. The zero-order valence-corrected chi connectivity index (χ0v) is 14.8. The standard InChI is InChI=1S/C14H20N4O3S2/c1-9-14(22-8-16-9)7-15-10-3-4-13-11(5-10)12(18-21-13)6-17-23(2,19)20/h8,10,15,17H,3-7H2,1-2H3. The summed E-state index contributed by atoms with van der Waals surface area (Å²) in [5, 5.41) is 7.58. The van der Waals surface area contributed by atoms with Gasteiger partial charge in [0, 0.05) is 29.4 Å². The Balaban J connectivity index is 1.63. The van der Waals surface area contributed by atoms with Gasteiger partial charge < -0.3 is 9.84 Å². The van der Waals surface area contributed by atoms with Crippen LogP contribution in [-0.2, 0) is 36.0 Å². The van der Waals surface area contributed by atoms with E-state index in [1.54, 1.807) is 11.3 Å². The van der Waals surface area contributed by atoms with Gasteiger partial charge in [-0.05, 0) is 19.8 Å². The van der Waals surface area contributed by atoms with Crippen molar-refractivity contribution in [1.82, 2.24) is 20.2 Å². The normalized spacial score (nSPS) is 18.1. The second-order valence-corrected chi connectivity index (χ2v) is 8.58. The minimum Gasteiger partial charge on any atom is -0.361 e. The zero-order chi connectivity index (χ0) is 16.4. The van der Waals surface area contributed by atoms with Crippen molar-refractivity contribution < 1.29 is 12.9 Å². The molecule has 0 spiro atoms. The van der Waals surface area contributed by atoms with E-state index in [1.165, 1.54) is 4.88 Å². The van der Waals surface area contributed by atoms with Crippen molar-refractivity contribution in [3.05, 3.63) is 33.1 Å². The molecule has 0 radical (unpaired) electrons. The molecule has 2 N–H and O–H groups in total. The largest absolute Gasteiger partial charge is 0.361 e. The van der Waals surface area contributed by atoms with Crippen molar-refractivity contribution in [3.63, 3.8) is 0 Å². The number of fused-ring (bicyclic) bond motifs is 1. The molecular weight excluding hydrogens is 336 g/mol. The lowest BCUT2D eigenvalue weighted by atomic mass is 9.92. The molecule has 0 aromatic carbocycles. The van der Waals surface area contributed by atoms with Crippen LogP contribution in [0, 0.1) is 6.92 Å². The Kier molecular flexibility index (Phi) is 4.81. The third kappa shape index (κ3) is 4.17. The van der Waals surface area contributed by atoms with Crippen molar-refractivity contribution in [2.24, 2.45) is 0 Å². The smallest absolute Gasteiger partial charge is 0.209 e. The van der Waals surface area contributed by atoms with Crippen LogP contribution in [-0.4, -0.2) is 30.9 Å². The van der Waals surface area contributed by atoms with Crippen LogP contribution in [0.1, 0.15) is 34.0 Å². The van der Waals surface area contributed by atoms with Crippen LogP contribution >= 0.6 is 11.3 Å². The van der Waals surface area contributed by atoms with Crippen LogP contribution in [0.3, 0.4) is 0 Å². The highest BCUT2D eigenvalue weighted by atomic mass is 32.2. The lowest BCUT2D eigenvalue weighted by molar-refractivity contribution is 0.351. The van der Waals surface area contributed by atoms with Gasteiger partial charge in [0.15, 0.2) is 0 Å². The van der Waals surface area contributed by atoms with Crippen molar-refractivity contribution >= 4 is 21.4 Å². The fourth-order valence-corrected chi connectivity index (χ4v) is 3.84. The summed E-state index contributed by atoms with van der Waals surface area (Å²) in [6.07, 6.45) is 3.75. The molecule has 0 amide bonds. The summed E-state index contributed by atoms with van der Waals surface area (Å²) in [6, 6.07) is 0.334. The third-order valence-corrected chi connectivity index (χ3v) is 5.62. The fraction of sp³-hybridized carbons (Fsp3) is 0.571. The van der Waals surface area contributed by atoms with Gasteiger partial charge >= 0.3 is 0 Å². The van der Waals surface area contributed by atoms with Crippen LogP contribution in [0.5, 0.6) is 0 Å². The minimum atomic E-state index is -3.24. The molecule has 1 unspecified atom stereocenters. The summed E-state index contributed by atoms with van der Waals surface area (Å²) in [5.41, 5.74) is 4.65. The summed E-state index contributed by atoms with van der Waals surface area (Å²) in [4.78, 5) is 5.51. The molecule has 0 saturated carbocycles. The molecule has 7 nitrogen and oxygen atoms in total. The average molecular weight is 356 g/mol. The van der Waals surface area contributed by atoms with Crippen molar-refractivity contribution in [1.29, 1.82) is 0 Å². The van der Waals surface area contributed by atoms with Crippen molar-refractivity contribution in [2.45, 2.75) is 45.3 Å². The molecule has 126 valence electrons. The molecule has 9 heteroatoms. The molecule has 0 bridgehead atoms. The van der Waals surface area contributed by atoms with E-state index in [-0.39, 0.29) is 6.54 Å². The predicted molar refractivity (Wildman–Crippen MR) is 87.7 cm³/mol. The number of sulfonamides is 1. The first-order valence-electron chi connectivity index (χ1n) is 7.45. The first-order chi connectivity index (χ1) is 10.9. The summed E-state index contributed by atoms with van der Waals surface area (Å²) in [5.74, 6) is 0.877. The quantitative estimate of drug-likeness (QED) is 0.805. The van der Waals surface area contributed by atoms with Gasteiger partial charge in [-0.3, -0.25) is 0 Å². The Morgan fingerprint density at radius 2 is 2.26 bits per heavy atom. The number of nitrogens with one attached hydrogen (secondary N) is 2. The highest BCUT2D eigenvalue weighted by Gasteiger charge is 2.25. The Morgan fingerprint density at radius 3 is 2.96 bits per heavy atom. The van der Waals surface area contributed by atoms with E-state index < -0.39 is 10.0 Å². The van der Waals surface area contributed by atoms with E-state index in [4.69, 9.17) is 4.52 Å². The summed E-state index contributed by atoms with van der Waals surface area (Å²) in [6.45, 7) is 3.00. The van der Waals surface area contributed by atoms with Crippen LogP contribution in [0.15, 0.2) is 10.0 Å². The number of hydrogen-bond donors (Lipinski definition) is 2. The number of rotatable bonds is 6. The second kappa shape index (κ2) is 6.68. The molecule has 1 aliphatic rings. The molecule has 23 heavy (non-hydrogen) atoms. The van der Waals surface area contributed by atoms with Crippen molar-refractivity contribution in [3.8, 4) is 0 Å². The summed E-state index contributed by atoms with van der Waals surface area (Å²) >= 11 is 1.66. The fourth-order valence-electron chi connectivity index (χ4n) is 2.71. The molecule has 1 aliphatic carbocycles. The van der Waals surface area contributed by atoms with Gasteiger partial charge in [0.05, 0.1) is 24.0 Å². The third-order valence-electron chi connectivity index (χ3n) is 4.02. The first kappa shape index (κ1) is 16.6. The molecular formula is C14H20N4O3S2. The summed E-state index contributed by atoms with van der Waals surface area (Å²) in [7, 11) is -3.24. The molecule has 3 rings (SSSR count). The molecule has 0 saturated heterocycles. The number of hydrogen-bond acceptors (Lipinski definition) is 7. The van der Waals surface area contributed by atoms with E-state index in [2.05, 4.69) is 20.2 Å². The van der Waals surface area contributed by atoms with Crippen LogP contribution in [0.4, 0.5) is 0 Å². The van der Waals surface area contributed by atoms with Gasteiger partial charge in [-0.1, -0.05) is 5.16 Å². The number of thiazole rings is 1. The van der Waals surface area contributed by atoms with E-state index in [0.29, 0.717) is 11.7 Å². The Bertz CT molecular complexity index is 782. The van der Waals surface area contributed by atoms with Gasteiger partial charge in [-0.2, -0.15) is 0 Å². The van der Waals surface area contributed by atoms with Gasteiger partial charge in [0.2, 0.25) is 10.0 Å². The lowest BCUT2D eigenvalue weighted by Crippen LogP contribution is -2.34. The highest BCUT2D eigenvalue weighted by molar-refractivity contribution is 7.88. The van der Waals surface area contributed by atoms with E-state index in [1.807, 2.05) is 12.4 Å². The SMILES string of the molecule is Cc1ncsc1CNC1CCc2onc(CNS(C)(=O)=O)c2C1. The Hall–Kier alpha value is -1.29. The first-order valence-corrected chi connectivity index (χ1v) is 10.2. The van der Waals surface area contributed by atoms with Gasteiger partial charge in [0.25, 0.3) is 0 Å². The maximum absolute atomic E-state index is 11.2. The maximum atomic E-state index is 11.2. The molecule has 0 fully saturated rings. The molecule has 1 atom stereocenters. The average Bonchev–Trinajstić information content (AvgIpc) is 3.08. The lowest BCUT2D eigenvalue weighted by Gasteiger charge is -2.22. The summed E-state index contributed by atoms with van der Waals surface area (Å²) < 4.78 is 30.3. The highest BCUT2D eigenvalue weighted by Crippen LogP contribution is 2.25. The van der Waals surface area contributed by atoms with Gasteiger partial charge in [-0.15, -0.1) is 11.3 Å². The van der Waals surface area contributed by atoms with Crippen LogP contribution in [0.25, 0.3) is 0 Å². The number of nitrogens with zero attached hydrogens (tertiary/aromatic N) is 2. The van der Waals surface area contributed by atoms with E-state index >= 15 is 0 Å². The zero-order valence-electron chi connectivity index (χ0n) is 13.1. The molecule has 2 aromatic rings. The minimum absolute atomic E-state index is 0.179. The number of aryl methyl sites for hydroxylation is 2. The predicted octanol–water partition coefficient (Wildman–Crippen LogP) is 1.14. The monoisotopic (exact) mass is 356 g/mol. The second-order valence-electron chi connectivity index (χ2n) is 5.81. The van der Waals surface area contributed by atoms with Gasteiger partial charge in [-0.25, -0.2) is 18.1 Å². The molecule has 2 heterocycles. The molecule has 2 aromatic heterocycles. The van der Waals surface area contributed by atoms with Crippen LogP contribution < -0.4 is 10.0 Å². The Labute approximate surface area is 139 Å². The van der Waals surface area contributed by atoms with Gasteiger partial charge in [0.1, 0.15) is 11.5 Å². The topological polar surface area (TPSA) is 97.1 Å². The van der Waals surface area contributed by atoms with Crippen molar-refractivity contribution in [2.75, 3.05) is 6.26 Å². The maximum Gasteiger partial charge on any atom is 0.209 e. The molecule has 0 aliphatic heterocycles. The van der Waals surface area contributed by atoms with E-state index in [9.17, 15) is 8.42 Å². The Morgan fingerprint density at radius 1 is 1.43 bits per heavy atom.